The van der Waals surface area contributed by atoms with Crippen molar-refractivity contribution < 1.29 is 14.3 Å². The number of anilines is 2. The Hall–Kier alpha value is -2.80. The summed E-state index contributed by atoms with van der Waals surface area (Å²) in [4.78, 5) is 24.9. The molecule has 3 heterocycles. The first kappa shape index (κ1) is 21.1. The van der Waals surface area contributed by atoms with Crippen molar-refractivity contribution in [1.82, 2.24) is 14.5 Å². The second-order valence-corrected chi connectivity index (χ2v) is 9.00. The number of carbonyl (C=O) groups is 1. The molecule has 0 saturated heterocycles. The van der Waals surface area contributed by atoms with Crippen LogP contribution in [0.25, 0.3) is 11.0 Å². The van der Waals surface area contributed by atoms with Gasteiger partial charge in [0, 0.05) is 12.6 Å². The predicted molar refractivity (Wildman–Crippen MR) is 124 cm³/mol. The molecule has 0 radical (unpaired) electrons. The summed E-state index contributed by atoms with van der Waals surface area (Å²) in [7, 11) is 1.61. The number of aryl methyl sites for hydroxylation is 2. The summed E-state index contributed by atoms with van der Waals surface area (Å²) in [6.07, 6.45) is 3.25. The van der Waals surface area contributed by atoms with Gasteiger partial charge in [0.2, 0.25) is 11.8 Å². The van der Waals surface area contributed by atoms with E-state index in [1.807, 2.05) is 44.2 Å². The van der Waals surface area contributed by atoms with Gasteiger partial charge in [-0.25, -0.2) is 9.97 Å². The fourth-order valence-corrected chi connectivity index (χ4v) is 5.08. The Kier molecular flexibility index (Phi) is 5.24. The van der Waals surface area contributed by atoms with Crippen LogP contribution in [-0.4, -0.2) is 40.3 Å². The number of rotatable bonds is 6. The number of hydrogen-bond donors (Lipinski definition) is 0. The van der Waals surface area contributed by atoms with Crippen LogP contribution in [0.4, 0.5) is 11.6 Å². The number of para-hydroxylation sites is 1. The number of aromatic nitrogens is 3. The van der Waals surface area contributed by atoms with E-state index >= 15 is 0 Å². The maximum atomic E-state index is 13.2. The summed E-state index contributed by atoms with van der Waals surface area (Å²) in [5.74, 6) is 1.24. The van der Waals surface area contributed by atoms with Gasteiger partial charge >= 0.3 is 5.97 Å². The molecular formula is C24H27ClN4O3. The summed E-state index contributed by atoms with van der Waals surface area (Å²) in [6.45, 7) is 5.18. The smallest absolute Gasteiger partial charge is 0.314 e. The van der Waals surface area contributed by atoms with Crippen LogP contribution in [-0.2, 0) is 16.1 Å². The number of halogens is 1. The molecule has 2 aliphatic rings. The van der Waals surface area contributed by atoms with Crippen molar-refractivity contribution in [2.45, 2.75) is 52.1 Å². The maximum Gasteiger partial charge on any atom is 0.314 e. The molecular weight excluding hydrogens is 428 g/mol. The van der Waals surface area contributed by atoms with E-state index < -0.39 is 5.41 Å². The van der Waals surface area contributed by atoms with Crippen LogP contribution in [0, 0.1) is 12.3 Å². The van der Waals surface area contributed by atoms with Crippen molar-refractivity contribution in [3.8, 4) is 5.88 Å². The molecule has 1 aliphatic heterocycles. The lowest BCUT2D eigenvalue weighted by Crippen LogP contribution is -2.48. The highest BCUT2D eigenvalue weighted by Gasteiger charge is 2.60. The number of benzene rings is 1. The van der Waals surface area contributed by atoms with Crippen LogP contribution < -0.4 is 9.64 Å². The van der Waals surface area contributed by atoms with Crippen molar-refractivity contribution in [3.63, 3.8) is 0 Å². The van der Waals surface area contributed by atoms with E-state index in [1.54, 1.807) is 7.11 Å². The van der Waals surface area contributed by atoms with E-state index in [-0.39, 0.29) is 12.0 Å². The standard InChI is InChI=1S/C24H27ClN4O3/c1-4-14-32-22(30)24(11-12-24)19-10-13-28-18-7-5-6-16(25)21(18)27-23(28)29(19)17-8-9-20(31-3)26-15(17)2/h5-9,19H,4,10-14H2,1-3H3. The number of pyridine rings is 1. The molecule has 0 bridgehead atoms. The Labute approximate surface area is 192 Å². The molecule has 1 fully saturated rings. The minimum atomic E-state index is -0.519. The molecule has 3 aromatic rings. The first-order valence-corrected chi connectivity index (χ1v) is 11.5. The van der Waals surface area contributed by atoms with Gasteiger partial charge in [0.1, 0.15) is 5.52 Å². The van der Waals surface area contributed by atoms with Crippen molar-refractivity contribution in [2.24, 2.45) is 5.41 Å². The number of methoxy groups -OCH3 is 1. The summed E-state index contributed by atoms with van der Waals surface area (Å²) < 4.78 is 13.1. The summed E-state index contributed by atoms with van der Waals surface area (Å²) in [5.41, 5.74) is 2.98. The molecule has 168 valence electrons. The Bertz CT molecular complexity index is 1190. The van der Waals surface area contributed by atoms with Gasteiger partial charge in [-0.2, -0.15) is 0 Å². The van der Waals surface area contributed by atoms with E-state index in [9.17, 15) is 4.79 Å². The number of fused-ring (bicyclic) bond motifs is 3. The highest BCUT2D eigenvalue weighted by molar-refractivity contribution is 6.35. The number of carbonyl (C=O) groups excluding carboxylic acids is 1. The maximum absolute atomic E-state index is 13.2. The second kappa shape index (κ2) is 7.96. The second-order valence-electron chi connectivity index (χ2n) is 8.60. The quantitative estimate of drug-likeness (QED) is 0.486. The Morgan fingerprint density at radius 1 is 1.25 bits per heavy atom. The van der Waals surface area contributed by atoms with E-state index in [0.717, 1.165) is 60.6 Å². The fourth-order valence-electron chi connectivity index (χ4n) is 4.87. The first-order valence-electron chi connectivity index (χ1n) is 11.1. The third-order valence-electron chi connectivity index (χ3n) is 6.63. The number of imidazole rings is 1. The monoisotopic (exact) mass is 454 g/mol. The number of hydrogen-bond acceptors (Lipinski definition) is 6. The molecule has 2 aromatic heterocycles. The largest absolute Gasteiger partial charge is 0.481 e. The average molecular weight is 455 g/mol. The topological polar surface area (TPSA) is 69.5 Å². The van der Waals surface area contributed by atoms with Crippen LogP contribution in [0.3, 0.4) is 0 Å². The summed E-state index contributed by atoms with van der Waals surface area (Å²) >= 11 is 6.49. The van der Waals surface area contributed by atoms with Gasteiger partial charge in [0.15, 0.2) is 0 Å². The Balaban J connectivity index is 1.66. The van der Waals surface area contributed by atoms with Crippen molar-refractivity contribution >= 4 is 40.2 Å². The Morgan fingerprint density at radius 2 is 2.06 bits per heavy atom. The summed E-state index contributed by atoms with van der Waals surface area (Å²) in [6, 6.07) is 9.62. The van der Waals surface area contributed by atoms with E-state index in [1.165, 1.54) is 0 Å². The average Bonchev–Trinajstić information content (AvgIpc) is 3.52. The molecule has 0 N–H and O–H groups in total. The van der Waals surface area contributed by atoms with Crippen LogP contribution in [0.2, 0.25) is 5.02 Å². The molecule has 1 saturated carbocycles. The summed E-state index contributed by atoms with van der Waals surface area (Å²) in [5, 5.41) is 0.619. The zero-order chi connectivity index (χ0) is 22.5. The highest BCUT2D eigenvalue weighted by Crippen LogP contribution is 2.56. The zero-order valence-electron chi connectivity index (χ0n) is 18.6. The van der Waals surface area contributed by atoms with E-state index in [4.69, 9.17) is 26.1 Å². The van der Waals surface area contributed by atoms with Crippen molar-refractivity contribution in [3.05, 3.63) is 41.0 Å². The molecule has 1 atom stereocenters. The van der Waals surface area contributed by atoms with Crippen molar-refractivity contribution in [2.75, 3.05) is 18.6 Å². The fraction of sp³-hybridized carbons (Fsp3) is 0.458. The van der Waals surface area contributed by atoms with E-state index in [2.05, 4.69) is 14.5 Å². The van der Waals surface area contributed by atoms with Crippen LogP contribution in [0.5, 0.6) is 5.88 Å². The molecule has 1 aromatic carbocycles. The van der Waals surface area contributed by atoms with Gasteiger partial charge in [0.05, 0.1) is 47.1 Å². The molecule has 0 spiro atoms. The van der Waals surface area contributed by atoms with Crippen molar-refractivity contribution in [1.29, 1.82) is 0 Å². The van der Waals surface area contributed by atoms with Gasteiger partial charge in [0.25, 0.3) is 0 Å². The van der Waals surface area contributed by atoms with Gasteiger partial charge < -0.3 is 18.9 Å². The molecule has 8 heteroatoms. The predicted octanol–water partition coefficient (Wildman–Crippen LogP) is 5.05. The van der Waals surface area contributed by atoms with Gasteiger partial charge in [-0.15, -0.1) is 0 Å². The Morgan fingerprint density at radius 3 is 2.75 bits per heavy atom. The zero-order valence-corrected chi connectivity index (χ0v) is 19.4. The van der Waals surface area contributed by atoms with Gasteiger partial charge in [-0.3, -0.25) is 4.79 Å². The number of nitrogens with zero attached hydrogens (tertiary/aromatic N) is 4. The van der Waals surface area contributed by atoms with Gasteiger partial charge in [-0.05, 0) is 50.8 Å². The van der Waals surface area contributed by atoms with Gasteiger partial charge in [-0.1, -0.05) is 24.6 Å². The lowest BCUT2D eigenvalue weighted by atomic mass is 9.90. The van der Waals surface area contributed by atoms with E-state index in [0.29, 0.717) is 17.5 Å². The minimum absolute atomic E-state index is 0.0659. The van der Waals surface area contributed by atoms with Crippen LogP contribution in [0.15, 0.2) is 30.3 Å². The molecule has 32 heavy (non-hydrogen) atoms. The normalized spacial score (nSPS) is 19.0. The first-order chi connectivity index (χ1) is 15.5. The molecule has 7 nitrogen and oxygen atoms in total. The number of ether oxygens (including phenoxy) is 2. The molecule has 5 rings (SSSR count). The lowest BCUT2D eigenvalue weighted by molar-refractivity contribution is -0.151. The van der Waals surface area contributed by atoms with Crippen LogP contribution in [0.1, 0.15) is 38.3 Å². The minimum Gasteiger partial charge on any atom is -0.481 e. The third-order valence-corrected chi connectivity index (χ3v) is 6.94. The van der Waals surface area contributed by atoms with Crippen LogP contribution >= 0.6 is 11.6 Å². The lowest BCUT2D eigenvalue weighted by Gasteiger charge is -2.41. The highest BCUT2D eigenvalue weighted by atomic mass is 35.5. The number of esters is 1. The molecule has 0 amide bonds. The molecule has 1 unspecified atom stereocenters. The molecule has 1 aliphatic carbocycles. The third kappa shape index (κ3) is 3.22. The SMILES string of the molecule is CCCOC(=O)C1(C2CCn3c(nc4c(Cl)cccc43)N2c2ccc(OC)nc2C)CC1.